The van der Waals surface area contributed by atoms with Crippen molar-refractivity contribution in [3.05, 3.63) is 64.6 Å². The van der Waals surface area contributed by atoms with Crippen LogP contribution >= 0.6 is 11.3 Å². The van der Waals surface area contributed by atoms with E-state index in [1.54, 1.807) is 24.4 Å². The first-order valence-electron chi connectivity index (χ1n) is 10.2. The number of anilines is 1. The predicted octanol–water partition coefficient (Wildman–Crippen LogP) is 5.19. The number of amides is 1. The lowest BCUT2D eigenvalue weighted by molar-refractivity contribution is -0.142. The zero-order valence-electron chi connectivity index (χ0n) is 17.8. The van der Waals surface area contributed by atoms with Gasteiger partial charge in [0.15, 0.2) is 10.9 Å². The summed E-state index contributed by atoms with van der Waals surface area (Å²) in [6, 6.07) is 11.3. The van der Waals surface area contributed by atoms with Gasteiger partial charge in [0, 0.05) is 5.38 Å². The Morgan fingerprint density at radius 3 is 2.65 bits per heavy atom. The summed E-state index contributed by atoms with van der Waals surface area (Å²) in [6.07, 6.45) is 1.16. The molecule has 1 N–H and O–H groups in total. The Morgan fingerprint density at radius 2 is 1.94 bits per heavy atom. The highest BCUT2D eigenvalue weighted by Crippen LogP contribution is 2.23. The van der Waals surface area contributed by atoms with Gasteiger partial charge in [0.05, 0.1) is 18.7 Å². The van der Waals surface area contributed by atoms with Gasteiger partial charge in [-0.2, -0.15) is 0 Å². The van der Waals surface area contributed by atoms with E-state index in [2.05, 4.69) is 36.3 Å². The van der Waals surface area contributed by atoms with Gasteiger partial charge in [0.2, 0.25) is 0 Å². The standard InChI is InChI=1S/C23H26N2O5S/c1-4-15(3)16-6-8-18(9-7-16)29-13-19-10-11-20(30-19)22(27)25-23-24-17(14-31-23)12-21(26)28-5-2/h6-11,14-15H,4-5,12-13H2,1-3H3,(H,24,25,27). The van der Waals surface area contributed by atoms with E-state index in [9.17, 15) is 9.59 Å². The number of aromatic nitrogens is 1. The number of benzene rings is 1. The molecule has 0 aliphatic rings. The van der Waals surface area contributed by atoms with E-state index >= 15 is 0 Å². The molecule has 0 saturated heterocycles. The lowest BCUT2D eigenvalue weighted by Gasteiger charge is -2.10. The SMILES string of the molecule is CCOC(=O)Cc1csc(NC(=O)c2ccc(COc3ccc(C(C)CC)cc3)o2)n1. The van der Waals surface area contributed by atoms with E-state index in [4.69, 9.17) is 13.9 Å². The summed E-state index contributed by atoms with van der Waals surface area (Å²) in [4.78, 5) is 28.1. The van der Waals surface area contributed by atoms with Crippen molar-refractivity contribution in [1.29, 1.82) is 0 Å². The highest BCUT2D eigenvalue weighted by atomic mass is 32.1. The van der Waals surface area contributed by atoms with Crippen LogP contribution in [-0.2, 0) is 22.6 Å². The molecular formula is C23H26N2O5S. The van der Waals surface area contributed by atoms with Crippen molar-refractivity contribution in [2.45, 2.75) is 46.1 Å². The van der Waals surface area contributed by atoms with Crippen LogP contribution < -0.4 is 10.1 Å². The Kier molecular flexibility index (Phi) is 7.83. The highest BCUT2D eigenvalue weighted by Gasteiger charge is 2.15. The second kappa shape index (κ2) is 10.8. The van der Waals surface area contributed by atoms with Crippen molar-refractivity contribution in [2.75, 3.05) is 11.9 Å². The summed E-state index contributed by atoms with van der Waals surface area (Å²) in [6.45, 7) is 6.64. The molecule has 1 amide bonds. The molecule has 7 nitrogen and oxygen atoms in total. The second-order valence-electron chi connectivity index (χ2n) is 7.01. The first-order valence-corrected chi connectivity index (χ1v) is 11.1. The number of nitrogens with zero attached hydrogens (tertiary/aromatic N) is 1. The molecular weight excluding hydrogens is 416 g/mol. The lowest BCUT2D eigenvalue weighted by Crippen LogP contribution is -2.11. The summed E-state index contributed by atoms with van der Waals surface area (Å²) < 4.78 is 16.2. The molecule has 0 radical (unpaired) electrons. The predicted molar refractivity (Wildman–Crippen MR) is 119 cm³/mol. The van der Waals surface area contributed by atoms with Crippen molar-refractivity contribution < 1.29 is 23.5 Å². The molecule has 0 aliphatic carbocycles. The molecule has 0 aliphatic heterocycles. The molecule has 0 fully saturated rings. The van der Waals surface area contributed by atoms with Gasteiger partial charge in [-0.1, -0.05) is 26.0 Å². The third-order valence-corrected chi connectivity index (χ3v) is 5.54. The van der Waals surface area contributed by atoms with Crippen LogP contribution in [0.25, 0.3) is 0 Å². The molecule has 31 heavy (non-hydrogen) atoms. The Hall–Kier alpha value is -3.13. The number of furan rings is 1. The van der Waals surface area contributed by atoms with Crippen molar-refractivity contribution >= 4 is 28.3 Å². The number of carbonyl (C=O) groups excluding carboxylic acids is 2. The van der Waals surface area contributed by atoms with Crippen LogP contribution in [0.3, 0.4) is 0 Å². The van der Waals surface area contributed by atoms with Gasteiger partial charge in [0.25, 0.3) is 5.91 Å². The summed E-state index contributed by atoms with van der Waals surface area (Å²) in [5, 5.41) is 4.77. The van der Waals surface area contributed by atoms with Crippen LogP contribution in [0.2, 0.25) is 0 Å². The number of carbonyl (C=O) groups is 2. The molecule has 1 atom stereocenters. The number of ether oxygens (including phenoxy) is 2. The Bertz CT molecular complexity index is 1010. The van der Waals surface area contributed by atoms with E-state index in [1.165, 1.54) is 16.9 Å². The molecule has 3 aromatic rings. The Morgan fingerprint density at radius 1 is 1.16 bits per heavy atom. The zero-order chi connectivity index (χ0) is 22.2. The van der Waals surface area contributed by atoms with Crippen molar-refractivity contribution in [1.82, 2.24) is 4.98 Å². The van der Waals surface area contributed by atoms with Gasteiger partial charge >= 0.3 is 5.97 Å². The summed E-state index contributed by atoms with van der Waals surface area (Å²) >= 11 is 1.23. The van der Waals surface area contributed by atoms with Crippen molar-refractivity contribution in [2.24, 2.45) is 0 Å². The molecule has 164 valence electrons. The second-order valence-corrected chi connectivity index (χ2v) is 7.87. The number of nitrogens with one attached hydrogen (secondary N) is 1. The minimum absolute atomic E-state index is 0.0702. The van der Waals surface area contributed by atoms with Crippen LogP contribution in [0.15, 0.2) is 46.2 Å². The molecule has 8 heteroatoms. The number of thiazole rings is 1. The molecule has 1 unspecified atom stereocenters. The first-order chi connectivity index (χ1) is 15.0. The van der Waals surface area contributed by atoms with Crippen molar-refractivity contribution in [3.63, 3.8) is 0 Å². The van der Waals surface area contributed by atoms with E-state index in [-0.39, 0.29) is 24.8 Å². The molecule has 0 bridgehead atoms. The highest BCUT2D eigenvalue weighted by molar-refractivity contribution is 7.14. The minimum atomic E-state index is -0.416. The average Bonchev–Trinajstić information content (AvgIpc) is 3.42. The van der Waals surface area contributed by atoms with Crippen molar-refractivity contribution in [3.8, 4) is 5.75 Å². The van der Waals surface area contributed by atoms with Gasteiger partial charge in [-0.05, 0) is 49.1 Å². The summed E-state index contributed by atoms with van der Waals surface area (Å²) in [5.74, 6) is 1.19. The number of rotatable bonds is 10. The van der Waals surface area contributed by atoms with E-state index in [0.29, 0.717) is 29.1 Å². The van der Waals surface area contributed by atoms with Crippen LogP contribution in [0.4, 0.5) is 5.13 Å². The topological polar surface area (TPSA) is 90.7 Å². The van der Waals surface area contributed by atoms with Crippen LogP contribution in [0.5, 0.6) is 5.75 Å². The monoisotopic (exact) mass is 442 g/mol. The van der Waals surface area contributed by atoms with Crippen LogP contribution in [0.1, 0.15) is 60.7 Å². The van der Waals surface area contributed by atoms with Gasteiger partial charge in [-0.25, -0.2) is 4.98 Å². The quantitative estimate of drug-likeness (QED) is 0.435. The minimum Gasteiger partial charge on any atom is -0.486 e. The largest absolute Gasteiger partial charge is 0.486 e. The summed E-state index contributed by atoms with van der Waals surface area (Å²) in [5.41, 5.74) is 1.83. The maximum Gasteiger partial charge on any atom is 0.311 e. The van der Waals surface area contributed by atoms with Gasteiger partial charge < -0.3 is 13.9 Å². The van der Waals surface area contributed by atoms with E-state index in [1.807, 2.05) is 12.1 Å². The average molecular weight is 443 g/mol. The fraction of sp³-hybridized carbons (Fsp3) is 0.348. The van der Waals surface area contributed by atoms with E-state index in [0.717, 1.165) is 12.2 Å². The molecule has 1 aromatic carbocycles. The van der Waals surface area contributed by atoms with Gasteiger partial charge in [-0.3, -0.25) is 14.9 Å². The zero-order valence-corrected chi connectivity index (χ0v) is 18.7. The van der Waals surface area contributed by atoms with Gasteiger partial charge in [0.1, 0.15) is 18.1 Å². The smallest absolute Gasteiger partial charge is 0.311 e. The Balaban J connectivity index is 1.51. The fourth-order valence-electron chi connectivity index (χ4n) is 2.82. The number of hydrogen-bond donors (Lipinski definition) is 1. The third-order valence-electron chi connectivity index (χ3n) is 4.73. The molecule has 3 rings (SSSR count). The normalized spacial score (nSPS) is 11.7. The van der Waals surface area contributed by atoms with Crippen LogP contribution in [0, 0.1) is 0 Å². The maximum absolute atomic E-state index is 12.4. The number of esters is 1. The van der Waals surface area contributed by atoms with Crippen LogP contribution in [-0.4, -0.2) is 23.5 Å². The molecule has 0 spiro atoms. The van der Waals surface area contributed by atoms with E-state index < -0.39 is 5.91 Å². The van der Waals surface area contributed by atoms with Gasteiger partial charge in [-0.15, -0.1) is 11.3 Å². The fourth-order valence-corrected chi connectivity index (χ4v) is 3.53. The molecule has 0 saturated carbocycles. The Labute approximate surface area is 185 Å². The summed E-state index contributed by atoms with van der Waals surface area (Å²) in [7, 11) is 0. The third kappa shape index (κ3) is 6.42. The lowest BCUT2D eigenvalue weighted by atomic mass is 9.99. The molecule has 2 aromatic heterocycles. The molecule has 2 heterocycles. The maximum atomic E-state index is 12.4. The first kappa shape index (κ1) is 22.6. The number of hydrogen-bond acceptors (Lipinski definition) is 7.